The smallest absolute Gasteiger partial charge is 0.0294 e. The molecule has 0 saturated heterocycles. The summed E-state index contributed by atoms with van der Waals surface area (Å²) in [5.41, 5.74) is 4.31. The first-order valence-electron chi connectivity index (χ1n) is 8.16. The van der Waals surface area contributed by atoms with Crippen LogP contribution in [-0.4, -0.2) is 6.04 Å². The van der Waals surface area contributed by atoms with E-state index in [4.69, 9.17) is 0 Å². The third-order valence-electron chi connectivity index (χ3n) is 4.78. The fraction of sp³-hybridized carbons (Fsp3) is 0.400. The van der Waals surface area contributed by atoms with Gasteiger partial charge in [-0.3, -0.25) is 0 Å². The van der Waals surface area contributed by atoms with E-state index >= 15 is 0 Å². The molecule has 21 heavy (non-hydrogen) atoms. The van der Waals surface area contributed by atoms with E-state index in [-0.39, 0.29) is 0 Å². The van der Waals surface area contributed by atoms with E-state index in [1.807, 2.05) is 0 Å². The van der Waals surface area contributed by atoms with E-state index in [0.29, 0.717) is 12.1 Å². The predicted octanol–water partition coefficient (Wildman–Crippen LogP) is 4.85. The van der Waals surface area contributed by atoms with Crippen LogP contribution < -0.4 is 5.32 Å². The molecule has 0 amide bonds. The normalized spacial score (nSPS) is 22.6. The number of benzene rings is 2. The van der Waals surface area contributed by atoms with E-state index in [9.17, 15) is 0 Å². The molecule has 1 N–H and O–H groups in total. The molecular weight excluding hydrogens is 254 g/mol. The van der Waals surface area contributed by atoms with Gasteiger partial charge in [-0.05, 0) is 48.8 Å². The lowest BCUT2D eigenvalue weighted by Crippen LogP contribution is -2.41. The van der Waals surface area contributed by atoms with Crippen molar-refractivity contribution in [2.24, 2.45) is 0 Å². The van der Waals surface area contributed by atoms with Crippen molar-refractivity contribution in [3.05, 3.63) is 71.3 Å². The van der Waals surface area contributed by atoms with Gasteiger partial charge in [0, 0.05) is 12.1 Å². The van der Waals surface area contributed by atoms with Gasteiger partial charge in [0.15, 0.2) is 0 Å². The Bertz CT molecular complexity index is 552. The second-order valence-corrected chi connectivity index (χ2v) is 6.26. The van der Waals surface area contributed by atoms with Crippen LogP contribution in [0.25, 0.3) is 0 Å². The Hall–Kier alpha value is -1.60. The first-order valence-corrected chi connectivity index (χ1v) is 8.16. The molecule has 110 valence electrons. The zero-order chi connectivity index (χ0) is 14.7. The zero-order valence-corrected chi connectivity index (χ0v) is 13.0. The maximum Gasteiger partial charge on any atom is 0.0294 e. The van der Waals surface area contributed by atoms with Crippen LogP contribution in [0.3, 0.4) is 0 Å². The molecule has 0 spiro atoms. The summed E-state index contributed by atoms with van der Waals surface area (Å²) in [5.74, 6) is 0.748. The Kier molecular flexibility index (Phi) is 4.40. The van der Waals surface area contributed by atoms with Crippen molar-refractivity contribution >= 4 is 0 Å². The van der Waals surface area contributed by atoms with Crippen LogP contribution >= 0.6 is 0 Å². The van der Waals surface area contributed by atoms with Gasteiger partial charge < -0.3 is 5.32 Å². The minimum absolute atomic E-state index is 0.442. The van der Waals surface area contributed by atoms with Crippen LogP contribution in [0.5, 0.6) is 0 Å². The molecule has 0 aliphatic heterocycles. The zero-order valence-electron chi connectivity index (χ0n) is 13.0. The molecule has 1 aliphatic rings. The fourth-order valence-corrected chi connectivity index (χ4v) is 3.24. The van der Waals surface area contributed by atoms with Crippen molar-refractivity contribution < 1.29 is 0 Å². The number of aryl methyl sites for hydroxylation is 1. The van der Waals surface area contributed by atoms with Crippen molar-refractivity contribution in [2.75, 3.05) is 0 Å². The second-order valence-electron chi connectivity index (χ2n) is 6.26. The molecule has 0 heterocycles. The van der Waals surface area contributed by atoms with Crippen molar-refractivity contribution in [1.29, 1.82) is 0 Å². The first-order chi connectivity index (χ1) is 10.3. The summed E-state index contributed by atoms with van der Waals surface area (Å²) in [7, 11) is 0. The standard InChI is InChI=1S/C20H25N/c1-3-16-9-11-17(12-10-16)15(2)21-20-13-19(14-20)18-7-5-4-6-8-18/h4-12,15,19-21H,3,13-14H2,1-2H3. The van der Waals surface area contributed by atoms with Crippen LogP contribution in [0.2, 0.25) is 0 Å². The molecule has 1 nitrogen and oxygen atoms in total. The molecule has 3 rings (SSSR count). The highest BCUT2D eigenvalue weighted by Crippen LogP contribution is 2.37. The average Bonchev–Trinajstić information content (AvgIpc) is 2.51. The maximum absolute atomic E-state index is 3.77. The van der Waals surface area contributed by atoms with Gasteiger partial charge in [0.1, 0.15) is 0 Å². The Morgan fingerprint density at radius 2 is 1.67 bits per heavy atom. The third kappa shape index (κ3) is 3.36. The summed E-state index contributed by atoms with van der Waals surface area (Å²) in [4.78, 5) is 0. The summed E-state index contributed by atoms with van der Waals surface area (Å²) in [6.07, 6.45) is 3.65. The molecule has 1 heteroatoms. The summed E-state index contributed by atoms with van der Waals surface area (Å²) >= 11 is 0. The minimum atomic E-state index is 0.442. The summed E-state index contributed by atoms with van der Waals surface area (Å²) in [5, 5.41) is 3.77. The van der Waals surface area contributed by atoms with Crippen molar-refractivity contribution in [3.8, 4) is 0 Å². The summed E-state index contributed by atoms with van der Waals surface area (Å²) in [6.45, 7) is 4.48. The molecule has 1 saturated carbocycles. The Labute approximate surface area is 128 Å². The summed E-state index contributed by atoms with van der Waals surface area (Å²) < 4.78 is 0. The highest BCUT2D eigenvalue weighted by molar-refractivity contribution is 5.26. The van der Waals surface area contributed by atoms with Gasteiger partial charge in [-0.25, -0.2) is 0 Å². The summed E-state index contributed by atoms with van der Waals surface area (Å²) in [6, 6.07) is 21.0. The van der Waals surface area contributed by atoms with E-state index in [1.54, 1.807) is 0 Å². The van der Waals surface area contributed by atoms with Gasteiger partial charge in [0.25, 0.3) is 0 Å². The van der Waals surface area contributed by atoms with Gasteiger partial charge in [-0.1, -0.05) is 61.5 Å². The first kappa shape index (κ1) is 14.3. The highest BCUT2D eigenvalue weighted by Gasteiger charge is 2.30. The van der Waals surface area contributed by atoms with Crippen molar-refractivity contribution in [2.45, 2.75) is 51.1 Å². The minimum Gasteiger partial charge on any atom is -0.307 e. The largest absolute Gasteiger partial charge is 0.307 e. The quantitative estimate of drug-likeness (QED) is 0.825. The van der Waals surface area contributed by atoms with Crippen molar-refractivity contribution in [3.63, 3.8) is 0 Å². The maximum atomic E-state index is 3.77. The third-order valence-corrected chi connectivity index (χ3v) is 4.78. The van der Waals surface area contributed by atoms with Gasteiger partial charge in [-0.15, -0.1) is 0 Å². The number of nitrogens with one attached hydrogen (secondary N) is 1. The molecule has 2 aromatic rings. The molecule has 1 atom stereocenters. The van der Waals surface area contributed by atoms with Gasteiger partial charge >= 0.3 is 0 Å². The monoisotopic (exact) mass is 279 g/mol. The van der Waals surface area contributed by atoms with E-state index in [0.717, 1.165) is 12.3 Å². The Balaban J connectivity index is 1.51. The van der Waals surface area contributed by atoms with E-state index in [1.165, 1.54) is 29.5 Å². The molecule has 0 bridgehead atoms. The van der Waals surface area contributed by atoms with E-state index < -0.39 is 0 Å². The number of rotatable bonds is 5. The van der Waals surface area contributed by atoms with Gasteiger partial charge in [-0.2, -0.15) is 0 Å². The molecule has 1 aliphatic carbocycles. The van der Waals surface area contributed by atoms with Crippen LogP contribution in [0.1, 0.15) is 55.3 Å². The van der Waals surface area contributed by atoms with E-state index in [2.05, 4.69) is 73.8 Å². The van der Waals surface area contributed by atoms with Gasteiger partial charge in [0.05, 0.1) is 0 Å². The lowest BCUT2D eigenvalue weighted by atomic mass is 9.75. The average molecular weight is 279 g/mol. The topological polar surface area (TPSA) is 12.0 Å². The molecule has 1 fully saturated rings. The van der Waals surface area contributed by atoms with Crippen LogP contribution in [0, 0.1) is 0 Å². The lowest BCUT2D eigenvalue weighted by molar-refractivity contribution is 0.271. The van der Waals surface area contributed by atoms with Gasteiger partial charge in [0.2, 0.25) is 0 Å². The Morgan fingerprint density at radius 1 is 1.00 bits per heavy atom. The molecule has 0 radical (unpaired) electrons. The van der Waals surface area contributed by atoms with Crippen LogP contribution in [-0.2, 0) is 6.42 Å². The predicted molar refractivity (Wildman–Crippen MR) is 89.6 cm³/mol. The van der Waals surface area contributed by atoms with Crippen LogP contribution in [0.15, 0.2) is 54.6 Å². The lowest BCUT2D eigenvalue weighted by Gasteiger charge is -2.38. The van der Waals surface area contributed by atoms with Crippen LogP contribution in [0.4, 0.5) is 0 Å². The molecule has 2 aromatic carbocycles. The second kappa shape index (κ2) is 6.44. The number of hydrogen-bond acceptors (Lipinski definition) is 1. The fourth-order valence-electron chi connectivity index (χ4n) is 3.24. The highest BCUT2D eigenvalue weighted by atomic mass is 15.0. The Morgan fingerprint density at radius 3 is 2.29 bits per heavy atom. The molecule has 0 aromatic heterocycles. The number of hydrogen-bond donors (Lipinski definition) is 1. The van der Waals surface area contributed by atoms with Crippen molar-refractivity contribution in [1.82, 2.24) is 5.32 Å². The SMILES string of the molecule is CCc1ccc(C(C)NC2CC(c3ccccc3)C2)cc1. The molecule has 1 unspecified atom stereocenters. The molecular formula is C20H25N.